The standard InChI is InChI=1S/C16H13Cl2NO3/c17-13-5-1-11(2-6-13)9-19-15(20)10-22-16(21)12-3-7-14(18)8-4-12/h1-8H,9-10H2,(H,19,20). The minimum absolute atomic E-state index is 0.338. The molecule has 0 heterocycles. The first-order valence-corrected chi connectivity index (χ1v) is 7.24. The maximum atomic E-state index is 11.7. The highest BCUT2D eigenvalue weighted by Gasteiger charge is 2.09. The van der Waals surface area contributed by atoms with Crippen LogP contribution < -0.4 is 5.32 Å². The summed E-state index contributed by atoms with van der Waals surface area (Å²) in [4.78, 5) is 23.3. The third-order valence-electron chi connectivity index (χ3n) is 2.82. The summed E-state index contributed by atoms with van der Waals surface area (Å²) in [6.07, 6.45) is 0. The van der Waals surface area contributed by atoms with Gasteiger partial charge in [-0.15, -0.1) is 0 Å². The van der Waals surface area contributed by atoms with Crippen LogP contribution in [-0.4, -0.2) is 18.5 Å². The van der Waals surface area contributed by atoms with Crippen molar-refractivity contribution in [1.29, 1.82) is 0 Å². The Morgan fingerprint density at radius 2 is 1.45 bits per heavy atom. The number of hydrogen-bond donors (Lipinski definition) is 1. The molecule has 0 saturated heterocycles. The number of esters is 1. The normalized spacial score (nSPS) is 10.1. The zero-order valence-electron chi connectivity index (χ0n) is 11.5. The first-order chi connectivity index (χ1) is 10.5. The highest BCUT2D eigenvalue weighted by Crippen LogP contribution is 2.11. The summed E-state index contributed by atoms with van der Waals surface area (Å²) in [6.45, 7) is 0.00352. The zero-order valence-corrected chi connectivity index (χ0v) is 13.0. The molecule has 6 heteroatoms. The average Bonchev–Trinajstić information content (AvgIpc) is 2.52. The maximum Gasteiger partial charge on any atom is 0.338 e. The van der Waals surface area contributed by atoms with Crippen LogP contribution in [0.25, 0.3) is 0 Å². The van der Waals surface area contributed by atoms with Crippen LogP contribution in [0.2, 0.25) is 10.0 Å². The summed E-state index contributed by atoms with van der Waals surface area (Å²) in [5.41, 5.74) is 1.25. The molecule has 0 bridgehead atoms. The Labute approximate surface area is 138 Å². The molecule has 0 aliphatic carbocycles. The van der Waals surface area contributed by atoms with Crippen LogP contribution in [0.1, 0.15) is 15.9 Å². The van der Waals surface area contributed by atoms with E-state index in [1.54, 1.807) is 24.3 Å². The first kappa shape index (κ1) is 16.3. The number of nitrogens with one attached hydrogen (secondary N) is 1. The van der Waals surface area contributed by atoms with Crippen molar-refractivity contribution in [3.63, 3.8) is 0 Å². The van der Waals surface area contributed by atoms with E-state index in [1.165, 1.54) is 12.1 Å². The van der Waals surface area contributed by atoms with Gasteiger partial charge in [-0.3, -0.25) is 4.79 Å². The van der Waals surface area contributed by atoms with E-state index in [9.17, 15) is 9.59 Å². The van der Waals surface area contributed by atoms with Crippen molar-refractivity contribution < 1.29 is 14.3 Å². The second kappa shape index (κ2) is 7.82. The van der Waals surface area contributed by atoms with Gasteiger partial charge in [0.2, 0.25) is 0 Å². The molecule has 0 fully saturated rings. The number of benzene rings is 2. The lowest BCUT2D eigenvalue weighted by Crippen LogP contribution is -2.28. The molecule has 2 aromatic carbocycles. The number of carbonyl (C=O) groups is 2. The van der Waals surface area contributed by atoms with Gasteiger partial charge in [0.15, 0.2) is 6.61 Å². The number of rotatable bonds is 5. The highest BCUT2D eigenvalue weighted by atomic mass is 35.5. The Balaban J connectivity index is 1.76. The van der Waals surface area contributed by atoms with Gasteiger partial charge in [-0.2, -0.15) is 0 Å². The first-order valence-electron chi connectivity index (χ1n) is 6.48. The van der Waals surface area contributed by atoms with Crippen molar-refractivity contribution in [2.24, 2.45) is 0 Å². The fraction of sp³-hybridized carbons (Fsp3) is 0.125. The number of hydrogen-bond acceptors (Lipinski definition) is 3. The van der Waals surface area contributed by atoms with Crippen molar-refractivity contribution in [1.82, 2.24) is 5.32 Å². The van der Waals surface area contributed by atoms with Gasteiger partial charge < -0.3 is 10.1 Å². The van der Waals surface area contributed by atoms with E-state index in [2.05, 4.69) is 5.32 Å². The van der Waals surface area contributed by atoms with Crippen LogP contribution in [0.5, 0.6) is 0 Å². The average molecular weight is 338 g/mol. The van der Waals surface area contributed by atoms with Crippen molar-refractivity contribution in [3.8, 4) is 0 Å². The Bertz CT molecular complexity index is 654. The Morgan fingerprint density at radius 1 is 0.909 bits per heavy atom. The van der Waals surface area contributed by atoms with Gasteiger partial charge in [-0.25, -0.2) is 4.79 Å². The van der Waals surface area contributed by atoms with Crippen molar-refractivity contribution >= 4 is 35.1 Å². The Morgan fingerprint density at radius 3 is 2.05 bits per heavy atom. The molecule has 0 unspecified atom stereocenters. The highest BCUT2D eigenvalue weighted by molar-refractivity contribution is 6.30. The minimum atomic E-state index is -0.571. The summed E-state index contributed by atoms with van der Waals surface area (Å²) in [5, 5.41) is 3.81. The quantitative estimate of drug-likeness (QED) is 0.850. The predicted molar refractivity (Wildman–Crippen MR) is 85.0 cm³/mol. The molecular formula is C16H13Cl2NO3. The largest absolute Gasteiger partial charge is 0.452 e. The van der Waals surface area contributed by atoms with Gasteiger partial charge in [-0.05, 0) is 42.0 Å². The lowest BCUT2D eigenvalue weighted by Gasteiger charge is -2.07. The van der Waals surface area contributed by atoms with Crippen molar-refractivity contribution in [2.45, 2.75) is 6.54 Å². The number of halogens is 2. The fourth-order valence-electron chi connectivity index (χ4n) is 1.65. The van der Waals surface area contributed by atoms with Gasteiger partial charge in [0, 0.05) is 16.6 Å². The van der Waals surface area contributed by atoms with Gasteiger partial charge in [0.25, 0.3) is 5.91 Å². The fourth-order valence-corrected chi connectivity index (χ4v) is 1.91. The van der Waals surface area contributed by atoms with Gasteiger partial charge in [0.05, 0.1) is 5.56 Å². The summed E-state index contributed by atoms with van der Waals surface area (Å²) in [5.74, 6) is -0.949. The van der Waals surface area contributed by atoms with Crippen LogP contribution in [0.15, 0.2) is 48.5 Å². The molecule has 1 N–H and O–H groups in total. The molecule has 0 atom stereocenters. The van der Waals surface area contributed by atoms with Crippen LogP contribution in [0, 0.1) is 0 Å². The summed E-state index contributed by atoms with van der Waals surface area (Å²) >= 11 is 11.5. The SMILES string of the molecule is O=C(COC(=O)c1ccc(Cl)cc1)NCc1ccc(Cl)cc1. The number of ether oxygens (including phenoxy) is 1. The second-order valence-corrected chi connectivity index (χ2v) is 5.36. The van der Waals surface area contributed by atoms with Crippen LogP contribution in [0.3, 0.4) is 0 Å². The van der Waals surface area contributed by atoms with Crippen molar-refractivity contribution in [2.75, 3.05) is 6.61 Å². The third kappa shape index (κ3) is 5.06. The summed E-state index contributed by atoms with van der Waals surface area (Å²) in [6, 6.07) is 13.3. The second-order valence-electron chi connectivity index (χ2n) is 4.49. The van der Waals surface area contributed by atoms with Crippen LogP contribution in [0.4, 0.5) is 0 Å². The topological polar surface area (TPSA) is 55.4 Å². The van der Waals surface area contributed by atoms with E-state index in [1.807, 2.05) is 12.1 Å². The summed E-state index contributed by atoms with van der Waals surface area (Å²) < 4.78 is 4.92. The molecule has 0 aliphatic heterocycles. The molecule has 114 valence electrons. The number of carbonyl (C=O) groups excluding carboxylic acids is 2. The van der Waals surface area contributed by atoms with E-state index >= 15 is 0 Å². The van der Waals surface area contributed by atoms with Crippen LogP contribution in [-0.2, 0) is 16.1 Å². The molecule has 4 nitrogen and oxygen atoms in total. The van der Waals surface area contributed by atoms with Crippen molar-refractivity contribution in [3.05, 3.63) is 69.7 Å². The minimum Gasteiger partial charge on any atom is -0.452 e. The smallest absolute Gasteiger partial charge is 0.338 e. The van der Waals surface area contributed by atoms with E-state index in [0.717, 1.165) is 5.56 Å². The molecule has 2 rings (SSSR count). The zero-order chi connectivity index (χ0) is 15.9. The molecule has 2 aromatic rings. The van der Waals surface area contributed by atoms with E-state index in [0.29, 0.717) is 22.2 Å². The predicted octanol–water partition coefficient (Wildman–Crippen LogP) is 3.47. The van der Waals surface area contributed by atoms with E-state index in [4.69, 9.17) is 27.9 Å². The Kier molecular flexibility index (Phi) is 5.81. The molecular weight excluding hydrogens is 325 g/mol. The lowest BCUT2D eigenvalue weighted by molar-refractivity contribution is -0.124. The Hall–Kier alpha value is -2.04. The van der Waals surface area contributed by atoms with Gasteiger partial charge >= 0.3 is 5.97 Å². The van der Waals surface area contributed by atoms with E-state index < -0.39 is 5.97 Å². The molecule has 1 amide bonds. The molecule has 0 aliphatic rings. The molecule has 0 radical (unpaired) electrons. The molecule has 0 spiro atoms. The summed E-state index contributed by atoms with van der Waals surface area (Å²) in [7, 11) is 0. The van der Waals surface area contributed by atoms with Gasteiger partial charge in [0.1, 0.15) is 0 Å². The van der Waals surface area contributed by atoms with Crippen LogP contribution >= 0.6 is 23.2 Å². The monoisotopic (exact) mass is 337 g/mol. The molecule has 22 heavy (non-hydrogen) atoms. The van der Waals surface area contributed by atoms with Gasteiger partial charge in [-0.1, -0.05) is 35.3 Å². The maximum absolute atomic E-state index is 11.7. The third-order valence-corrected chi connectivity index (χ3v) is 3.32. The molecule has 0 saturated carbocycles. The molecule has 0 aromatic heterocycles. The van der Waals surface area contributed by atoms with E-state index in [-0.39, 0.29) is 12.5 Å². The lowest BCUT2D eigenvalue weighted by atomic mass is 10.2. The number of amides is 1.